The van der Waals surface area contributed by atoms with Crippen molar-refractivity contribution in [2.45, 2.75) is 45.3 Å². The van der Waals surface area contributed by atoms with Gasteiger partial charge in [-0.3, -0.25) is 9.59 Å². The first-order valence-corrected chi connectivity index (χ1v) is 9.77. The van der Waals surface area contributed by atoms with Crippen molar-refractivity contribution >= 4 is 11.6 Å². The van der Waals surface area contributed by atoms with E-state index >= 15 is 0 Å². The minimum absolute atomic E-state index is 0.0123. The third-order valence-electron chi connectivity index (χ3n) is 8.21. The minimum atomic E-state index is -1.64. The van der Waals surface area contributed by atoms with Gasteiger partial charge in [-0.2, -0.15) is 0 Å². The van der Waals surface area contributed by atoms with E-state index in [0.29, 0.717) is 12.8 Å². The monoisotopic (exact) mass is 372 g/mol. The van der Waals surface area contributed by atoms with Crippen LogP contribution in [0.15, 0.2) is 36.0 Å². The Morgan fingerprint density at radius 2 is 2.00 bits per heavy atom. The second kappa shape index (κ2) is 5.72. The van der Waals surface area contributed by atoms with Crippen molar-refractivity contribution in [2.24, 2.45) is 34.5 Å². The highest BCUT2D eigenvalue weighted by Gasteiger charge is 2.69. The largest absolute Gasteiger partial charge is 0.393 e. The molecule has 8 atom stereocenters. The Hall–Kier alpha value is -1.56. The second-order valence-electron chi connectivity index (χ2n) is 9.36. The number of rotatable bonds is 2. The quantitative estimate of drug-likeness (QED) is 0.684. The summed E-state index contributed by atoms with van der Waals surface area (Å²) in [6.07, 6.45) is 9.37. The van der Waals surface area contributed by atoms with E-state index < -0.39 is 34.9 Å². The summed E-state index contributed by atoms with van der Waals surface area (Å²) in [6.45, 7) is 5.10. The average Bonchev–Trinajstić information content (AvgIpc) is 2.82. The number of carbonyl (C=O) groups excluding carboxylic acids is 2. The number of carbonyl (C=O) groups is 2. The first kappa shape index (κ1) is 18.8. The first-order chi connectivity index (χ1) is 12.6. The van der Waals surface area contributed by atoms with Gasteiger partial charge in [0.1, 0.15) is 12.2 Å². The van der Waals surface area contributed by atoms with Crippen molar-refractivity contribution < 1.29 is 24.9 Å². The Labute approximate surface area is 159 Å². The standard InChI is InChI=1S/C22H28O5/c1-12-8-16-15-5-4-13-9-14(24)6-7-20(13,2)19(15)17(25)10-21(16,3)22(12,27)18(26)11-23/h4-7,9,12,15-17,19,23,25,27H,8,10-11H2,1-3H3/t12-,15+,16+,17+,19-,20+,21+,22+/m1/s1. The number of aliphatic hydroxyl groups excluding tert-OH is 2. The number of hydrogen-bond donors (Lipinski definition) is 3. The summed E-state index contributed by atoms with van der Waals surface area (Å²) in [5.74, 6) is -1.00. The second-order valence-corrected chi connectivity index (χ2v) is 9.36. The maximum absolute atomic E-state index is 12.5. The number of allylic oxidation sites excluding steroid dienone is 6. The zero-order valence-electron chi connectivity index (χ0n) is 16.1. The molecule has 0 saturated heterocycles. The van der Waals surface area contributed by atoms with Gasteiger partial charge in [-0.1, -0.05) is 39.0 Å². The summed E-state index contributed by atoms with van der Waals surface area (Å²) in [6, 6.07) is 0. The van der Waals surface area contributed by atoms with Crippen LogP contribution in [0.5, 0.6) is 0 Å². The molecule has 3 N–H and O–H groups in total. The van der Waals surface area contributed by atoms with Crippen LogP contribution in [0.2, 0.25) is 0 Å². The molecule has 0 bridgehead atoms. The molecule has 0 aromatic rings. The van der Waals surface area contributed by atoms with Gasteiger partial charge in [0.2, 0.25) is 0 Å². The highest BCUT2D eigenvalue weighted by atomic mass is 16.3. The maximum Gasteiger partial charge on any atom is 0.190 e. The van der Waals surface area contributed by atoms with Gasteiger partial charge in [0, 0.05) is 16.7 Å². The lowest BCUT2D eigenvalue weighted by Crippen LogP contribution is -2.62. The number of hydrogen-bond acceptors (Lipinski definition) is 5. The molecule has 0 aromatic carbocycles. The van der Waals surface area contributed by atoms with E-state index in [2.05, 4.69) is 13.0 Å². The molecule has 0 aliphatic heterocycles. The molecule has 4 aliphatic carbocycles. The Morgan fingerprint density at radius 3 is 2.67 bits per heavy atom. The van der Waals surface area contributed by atoms with E-state index in [-0.39, 0.29) is 29.5 Å². The Kier molecular flexibility index (Phi) is 3.98. The highest BCUT2D eigenvalue weighted by Crippen LogP contribution is 2.67. The van der Waals surface area contributed by atoms with E-state index in [0.717, 1.165) is 5.57 Å². The Bertz CT molecular complexity index is 795. The van der Waals surface area contributed by atoms with Crippen LogP contribution in [0.25, 0.3) is 0 Å². The summed E-state index contributed by atoms with van der Waals surface area (Å²) in [7, 11) is 0. The normalized spacial score (nSPS) is 50.7. The van der Waals surface area contributed by atoms with Gasteiger partial charge in [0.15, 0.2) is 11.6 Å². The van der Waals surface area contributed by atoms with E-state index in [1.165, 1.54) is 0 Å². The summed E-state index contributed by atoms with van der Waals surface area (Å²) in [4.78, 5) is 24.4. The molecule has 0 amide bonds. The summed E-state index contributed by atoms with van der Waals surface area (Å²) in [5, 5.41) is 32.1. The predicted octanol–water partition coefficient (Wildman–Crippen LogP) is 1.58. The van der Waals surface area contributed by atoms with Gasteiger partial charge in [0.05, 0.1) is 6.10 Å². The van der Waals surface area contributed by atoms with Crippen LogP contribution >= 0.6 is 0 Å². The van der Waals surface area contributed by atoms with Crippen molar-refractivity contribution in [1.29, 1.82) is 0 Å². The summed E-state index contributed by atoms with van der Waals surface area (Å²) in [5.41, 5.74) is -1.98. The van der Waals surface area contributed by atoms with Crippen molar-refractivity contribution in [1.82, 2.24) is 0 Å². The molecule has 5 heteroatoms. The summed E-state index contributed by atoms with van der Waals surface area (Å²) >= 11 is 0. The fourth-order valence-corrected chi connectivity index (χ4v) is 6.84. The zero-order chi connectivity index (χ0) is 19.8. The van der Waals surface area contributed by atoms with E-state index in [1.807, 2.05) is 26.0 Å². The molecule has 4 rings (SSSR count). The van der Waals surface area contributed by atoms with Gasteiger partial charge in [-0.15, -0.1) is 0 Å². The molecule has 27 heavy (non-hydrogen) atoms. The molecule has 4 aliphatic rings. The van der Waals surface area contributed by atoms with Crippen LogP contribution in [-0.2, 0) is 9.59 Å². The van der Waals surface area contributed by atoms with E-state index in [1.54, 1.807) is 12.2 Å². The average molecular weight is 372 g/mol. The lowest BCUT2D eigenvalue weighted by molar-refractivity contribution is -0.178. The van der Waals surface area contributed by atoms with Crippen LogP contribution in [0.1, 0.15) is 33.6 Å². The molecule has 0 spiro atoms. The fraction of sp³-hybridized carbons (Fsp3) is 0.636. The first-order valence-electron chi connectivity index (χ1n) is 9.77. The molecule has 2 fully saturated rings. The number of aliphatic hydroxyl groups is 3. The van der Waals surface area contributed by atoms with Crippen molar-refractivity contribution in [2.75, 3.05) is 6.61 Å². The van der Waals surface area contributed by atoms with Gasteiger partial charge in [-0.05, 0) is 48.3 Å². The Morgan fingerprint density at radius 1 is 1.30 bits per heavy atom. The SMILES string of the molecule is C[C@@H]1C[C@H]2[C@@H]3C=CC4=CC(=O)C=C[C@]4(C)[C@H]3[C@@H](O)C[C@]2(C)[C@@]1(O)C(=O)CO. The molecule has 0 unspecified atom stereocenters. The van der Waals surface area contributed by atoms with Crippen molar-refractivity contribution in [3.63, 3.8) is 0 Å². The molecular formula is C22H28O5. The predicted molar refractivity (Wildman–Crippen MR) is 99.5 cm³/mol. The van der Waals surface area contributed by atoms with Crippen molar-refractivity contribution in [3.8, 4) is 0 Å². The van der Waals surface area contributed by atoms with Crippen LogP contribution < -0.4 is 0 Å². The highest BCUT2D eigenvalue weighted by molar-refractivity contribution is 6.01. The van der Waals surface area contributed by atoms with Crippen LogP contribution in [0.3, 0.4) is 0 Å². The smallest absolute Gasteiger partial charge is 0.190 e. The molecule has 0 aromatic heterocycles. The van der Waals surface area contributed by atoms with Gasteiger partial charge >= 0.3 is 0 Å². The summed E-state index contributed by atoms with van der Waals surface area (Å²) < 4.78 is 0. The molecule has 0 radical (unpaired) electrons. The topological polar surface area (TPSA) is 94.8 Å². The van der Waals surface area contributed by atoms with Crippen LogP contribution in [-0.4, -0.2) is 45.2 Å². The molecule has 146 valence electrons. The Balaban J connectivity index is 1.83. The van der Waals surface area contributed by atoms with Gasteiger partial charge in [-0.25, -0.2) is 0 Å². The van der Waals surface area contributed by atoms with Crippen molar-refractivity contribution in [3.05, 3.63) is 36.0 Å². The number of ketones is 2. The lowest BCUT2D eigenvalue weighted by Gasteiger charge is -2.57. The van der Waals surface area contributed by atoms with Crippen LogP contribution in [0, 0.1) is 34.5 Å². The third kappa shape index (κ3) is 2.16. The van der Waals surface area contributed by atoms with E-state index in [9.17, 15) is 24.9 Å². The van der Waals surface area contributed by atoms with Crippen LogP contribution in [0.4, 0.5) is 0 Å². The number of fused-ring (bicyclic) bond motifs is 5. The van der Waals surface area contributed by atoms with Gasteiger partial charge in [0.25, 0.3) is 0 Å². The maximum atomic E-state index is 12.5. The molecule has 2 saturated carbocycles. The molecular weight excluding hydrogens is 344 g/mol. The van der Waals surface area contributed by atoms with E-state index in [4.69, 9.17) is 0 Å². The van der Waals surface area contributed by atoms with Gasteiger partial charge < -0.3 is 15.3 Å². The zero-order valence-corrected chi connectivity index (χ0v) is 16.1. The molecule has 5 nitrogen and oxygen atoms in total. The third-order valence-corrected chi connectivity index (χ3v) is 8.21. The minimum Gasteiger partial charge on any atom is -0.393 e. The molecule has 0 heterocycles. The fourth-order valence-electron chi connectivity index (χ4n) is 6.84. The number of Topliss-reactive ketones (excluding diaryl/α,β-unsaturated/α-hetero) is 1. The lowest BCUT2D eigenvalue weighted by atomic mass is 9.47.